The molecule has 0 heterocycles. The topological polar surface area (TPSA) is 19.6 Å². The Balaban J connectivity index is 2.09. The average Bonchev–Trinajstić information content (AvgIpc) is 2.51. The summed E-state index contributed by atoms with van der Waals surface area (Å²) in [5, 5.41) is 3.48. The van der Waals surface area contributed by atoms with Gasteiger partial charge in [-0.1, -0.05) is 38.1 Å². The van der Waals surface area contributed by atoms with Crippen LogP contribution >= 0.6 is 0 Å². The number of unbranched alkanes of at least 4 members (excludes halogenated alkanes) is 1. The Morgan fingerprint density at radius 3 is 2.24 bits per heavy atom. The molecule has 0 aromatic heterocycles. The highest BCUT2D eigenvalue weighted by atomic mass is 15.1. The molecular weight excluding hydrogens is 258 g/mol. The van der Waals surface area contributed by atoms with Crippen molar-refractivity contribution in [3.63, 3.8) is 0 Å². The number of nitrogens with zero attached hydrogens (tertiary/aromatic N) is 2. The fourth-order valence-corrected chi connectivity index (χ4v) is 2.47. The van der Waals surface area contributed by atoms with Gasteiger partial charge in [-0.25, -0.2) is 4.85 Å². The maximum Gasteiger partial charge on any atom is 0.187 e. The van der Waals surface area contributed by atoms with E-state index in [1.54, 1.807) is 0 Å². The molecule has 0 bridgehead atoms. The van der Waals surface area contributed by atoms with E-state index in [0.29, 0.717) is 5.69 Å². The molecule has 1 aromatic rings. The highest BCUT2D eigenvalue weighted by Gasteiger charge is 2.01. The van der Waals surface area contributed by atoms with E-state index in [4.69, 9.17) is 6.57 Å². The summed E-state index contributed by atoms with van der Waals surface area (Å²) in [6.07, 6.45) is 4.99. The van der Waals surface area contributed by atoms with Crippen molar-refractivity contribution in [2.45, 2.75) is 46.1 Å². The third kappa shape index (κ3) is 7.84. The molecule has 0 radical (unpaired) electrons. The quantitative estimate of drug-likeness (QED) is 0.485. The van der Waals surface area contributed by atoms with E-state index in [2.05, 4.69) is 28.9 Å². The van der Waals surface area contributed by atoms with Gasteiger partial charge in [-0.05, 0) is 57.4 Å². The van der Waals surface area contributed by atoms with Gasteiger partial charge >= 0.3 is 0 Å². The van der Waals surface area contributed by atoms with E-state index in [1.807, 2.05) is 24.3 Å². The molecule has 0 aliphatic carbocycles. The molecule has 116 valence electrons. The molecule has 1 N–H and O–H groups in total. The highest BCUT2D eigenvalue weighted by Crippen LogP contribution is 2.12. The minimum Gasteiger partial charge on any atom is -0.313 e. The molecular formula is C18H29N3. The second-order valence-corrected chi connectivity index (χ2v) is 5.50. The fraction of sp³-hybridized carbons (Fsp3) is 0.611. The van der Waals surface area contributed by atoms with E-state index in [-0.39, 0.29) is 0 Å². The van der Waals surface area contributed by atoms with Crippen LogP contribution in [-0.4, -0.2) is 31.1 Å². The molecule has 1 rings (SSSR count). The summed E-state index contributed by atoms with van der Waals surface area (Å²) in [6.45, 7) is 17.1. The van der Waals surface area contributed by atoms with Gasteiger partial charge in [-0.3, -0.25) is 0 Å². The second-order valence-electron chi connectivity index (χ2n) is 5.50. The third-order valence-corrected chi connectivity index (χ3v) is 3.55. The zero-order valence-electron chi connectivity index (χ0n) is 13.6. The van der Waals surface area contributed by atoms with Crippen molar-refractivity contribution in [2.24, 2.45) is 0 Å². The van der Waals surface area contributed by atoms with Gasteiger partial charge in [0.15, 0.2) is 5.69 Å². The summed E-state index contributed by atoms with van der Waals surface area (Å²) in [5.41, 5.74) is 1.96. The monoisotopic (exact) mass is 287 g/mol. The first kappa shape index (κ1) is 17.7. The number of benzene rings is 1. The van der Waals surface area contributed by atoms with E-state index in [1.165, 1.54) is 50.9 Å². The summed E-state index contributed by atoms with van der Waals surface area (Å²) in [4.78, 5) is 5.98. The number of hydrogen-bond acceptors (Lipinski definition) is 2. The van der Waals surface area contributed by atoms with Crippen molar-refractivity contribution in [1.82, 2.24) is 10.2 Å². The first-order valence-corrected chi connectivity index (χ1v) is 8.19. The van der Waals surface area contributed by atoms with Crippen LogP contribution in [0.15, 0.2) is 24.3 Å². The van der Waals surface area contributed by atoms with Crippen LogP contribution in [-0.2, 0) is 6.54 Å². The van der Waals surface area contributed by atoms with Crippen molar-refractivity contribution in [3.8, 4) is 0 Å². The third-order valence-electron chi connectivity index (χ3n) is 3.55. The Labute approximate surface area is 130 Å². The Bertz CT molecular complexity index is 399. The number of rotatable bonds is 11. The van der Waals surface area contributed by atoms with Crippen molar-refractivity contribution in [2.75, 3.05) is 26.2 Å². The normalized spacial score (nSPS) is 10.8. The van der Waals surface area contributed by atoms with Crippen LogP contribution in [0.25, 0.3) is 4.85 Å². The fourth-order valence-electron chi connectivity index (χ4n) is 2.47. The predicted octanol–water partition coefficient (Wildman–Crippen LogP) is 4.23. The molecule has 0 unspecified atom stereocenters. The van der Waals surface area contributed by atoms with Crippen LogP contribution in [0.5, 0.6) is 0 Å². The van der Waals surface area contributed by atoms with E-state index >= 15 is 0 Å². The van der Waals surface area contributed by atoms with Gasteiger partial charge < -0.3 is 10.2 Å². The largest absolute Gasteiger partial charge is 0.313 e. The first-order valence-electron chi connectivity index (χ1n) is 8.19. The molecule has 3 heteroatoms. The number of nitrogens with one attached hydrogen (secondary N) is 1. The lowest BCUT2D eigenvalue weighted by Gasteiger charge is -2.20. The van der Waals surface area contributed by atoms with Crippen LogP contribution in [0.2, 0.25) is 0 Å². The zero-order valence-corrected chi connectivity index (χ0v) is 13.6. The smallest absolute Gasteiger partial charge is 0.187 e. The van der Waals surface area contributed by atoms with Crippen LogP contribution in [0.4, 0.5) is 5.69 Å². The predicted molar refractivity (Wildman–Crippen MR) is 90.7 cm³/mol. The van der Waals surface area contributed by atoms with Crippen molar-refractivity contribution >= 4 is 5.69 Å². The molecule has 0 aliphatic rings. The van der Waals surface area contributed by atoms with Crippen molar-refractivity contribution < 1.29 is 0 Å². The lowest BCUT2D eigenvalue weighted by atomic mass is 10.2. The molecule has 1 aromatic carbocycles. The molecule has 0 aliphatic heterocycles. The highest BCUT2D eigenvalue weighted by molar-refractivity contribution is 5.45. The molecule has 3 nitrogen and oxygen atoms in total. The number of hydrogen-bond donors (Lipinski definition) is 1. The van der Waals surface area contributed by atoms with Gasteiger partial charge in [0.25, 0.3) is 0 Å². The summed E-state index contributed by atoms with van der Waals surface area (Å²) < 4.78 is 0. The van der Waals surface area contributed by atoms with Crippen LogP contribution in [0.3, 0.4) is 0 Å². The average molecular weight is 287 g/mol. The Hall–Kier alpha value is -1.37. The standard InChI is InChI=1S/C18H29N3/c1-4-13-21(14-5-2)15-7-6-12-20-16-17-8-10-18(19-3)11-9-17/h8-11,20H,4-7,12-16H2,1-2H3. The maximum atomic E-state index is 6.93. The van der Waals surface area contributed by atoms with E-state index in [0.717, 1.165) is 13.1 Å². The molecule has 0 spiro atoms. The van der Waals surface area contributed by atoms with Gasteiger partial charge in [-0.2, -0.15) is 0 Å². The summed E-state index contributed by atoms with van der Waals surface area (Å²) in [7, 11) is 0. The van der Waals surface area contributed by atoms with Crippen LogP contribution in [0.1, 0.15) is 45.1 Å². The zero-order chi connectivity index (χ0) is 15.3. The maximum absolute atomic E-state index is 6.93. The van der Waals surface area contributed by atoms with Gasteiger partial charge in [0.05, 0.1) is 6.57 Å². The van der Waals surface area contributed by atoms with Gasteiger partial charge in [0, 0.05) is 6.54 Å². The van der Waals surface area contributed by atoms with Crippen LogP contribution < -0.4 is 5.32 Å². The van der Waals surface area contributed by atoms with Crippen molar-refractivity contribution in [1.29, 1.82) is 0 Å². The van der Waals surface area contributed by atoms with E-state index in [9.17, 15) is 0 Å². The minimum absolute atomic E-state index is 0.714. The minimum atomic E-state index is 0.714. The van der Waals surface area contributed by atoms with E-state index < -0.39 is 0 Å². The Morgan fingerprint density at radius 1 is 1.00 bits per heavy atom. The molecule has 0 atom stereocenters. The molecule has 0 saturated heterocycles. The second kappa shape index (κ2) is 11.3. The molecule has 0 fully saturated rings. The summed E-state index contributed by atoms with van der Waals surface area (Å²) >= 11 is 0. The van der Waals surface area contributed by atoms with Gasteiger partial charge in [-0.15, -0.1) is 0 Å². The van der Waals surface area contributed by atoms with Crippen molar-refractivity contribution in [3.05, 3.63) is 41.2 Å². The lowest BCUT2D eigenvalue weighted by molar-refractivity contribution is 0.268. The molecule has 0 saturated carbocycles. The molecule has 21 heavy (non-hydrogen) atoms. The summed E-state index contributed by atoms with van der Waals surface area (Å²) in [6, 6.07) is 7.84. The molecule has 0 amide bonds. The van der Waals surface area contributed by atoms with Gasteiger partial charge in [0.1, 0.15) is 0 Å². The summed E-state index contributed by atoms with van der Waals surface area (Å²) in [5.74, 6) is 0. The van der Waals surface area contributed by atoms with Crippen LogP contribution in [0, 0.1) is 6.57 Å². The lowest BCUT2D eigenvalue weighted by Crippen LogP contribution is -2.27. The Kier molecular flexibility index (Phi) is 9.52. The Morgan fingerprint density at radius 2 is 1.67 bits per heavy atom. The van der Waals surface area contributed by atoms with Gasteiger partial charge in [0.2, 0.25) is 0 Å². The SMILES string of the molecule is [C-]#[N+]c1ccc(CNCCCCN(CCC)CCC)cc1. The first-order chi connectivity index (χ1) is 10.3.